The maximum absolute atomic E-state index is 5.46. The highest BCUT2D eigenvalue weighted by atomic mass is 32.2. The van der Waals surface area contributed by atoms with Crippen LogP contribution in [0.4, 0.5) is 0 Å². The summed E-state index contributed by atoms with van der Waals surface area (Å²) in [5.74, 6) is 5.04. The van der Waals surface area contributed by atoms with Crippen molar-refractivity contribution in [2.45, 2.75) is 17.4 Å². The molecule has 0 atom stereocenters. The summed E-state index contributed by atoms with van der Waals surface area (Å²) in [5, 5.41) is 0. The molecule has 0 radical (unpaired) electrons. The van der Waals surface area contributed by atoms with Crippen molar-refractivity contribution in [1.82, 2.24) is 0 Å². The lowest BCUT2D eigenvalue weighted by molar-refractivity contribution is 0.0603. The Bertz CT molecular complexity index is 186. The molecule has 86 valence electrons. The molecule has 0 aromatic carbocycles. The molecule has 1 heterocycles. The standard InChI is InChI=1S/C11H18O2S2/c1-2-5-12-7-8-13-6-4-11-14-9-3-10-15-11/h1,11H,3-10H2. The van der Waals surface area contributed by atoms with Crippen LogP contribution in [0.15, 0.2) is 0 Å². The van der Waals surface area contributed by atoms with Gasteiger partial charge in [-0.25, -0.2) is 0 Å². The van der Waals surface area contributed by atoms with E-state index in [4.69, 9.17) is 15.9 Å². The van der Waals surface area contributed by atoms with Gasteiger partial charge in [0.1, 0.15) is 6.61 Å². The Kier molecular flexibility index (Phi) is 8.31. The molecule has 0 amide bonds. The van der Waals surface area contributed by atoms with Crippen LogP contribution in [0, 0.1) is 12.3 Å². The van der Waals surface area contributed by atoms with Gasteiger partial charge in [-0.2, -0.15) is 0 Å². The summed E-state index contributed by atoms with van der Waals surface area (Å²) in [6.07, 6.45) is 7.54. The molecule has 1 fully saturated rings. The lowest BCUT2D eigenvalue weighted by atomic mass is 10.5. The molecule has 0 unspecified atom stereocenters. The average molecular weight is 246 g/mol. The third-order valence-electron chi connectivity index (χ3n) is 1.95. The van der Waals surface area contributed by atoms with E-state index in [9.17, 15) is 0 Å². The van der Waals surface area contributed by atoms with E-state index in [1.54, 1.807) is 0 Å². The minimum absolute atomic E-state index is 0.387. The van der Waals surface area contributed by atoms with Crippen molar-refractivity contribution in [3.8, 4) is 12.3 Å². The van der Waals surface area contributed by atoms with Gasteiger partial charge in [-0.1, -0.05) is 5.92 Å². The summed E-state index contributed by atoms with van der Waals surface area (Å²) in [5.41, 5.74) is 0. The Labute approximate surface area is 101 Å². The summed E-state index contributed by atoms with van der Waals surface area (Å²) in [6, 6.07) is 0. The molecule has 4 heteroatoms. The molecule has 1 saturated heterocycles. The van der Waals surface area contributed by atoms with Gasteiger partial charge in [-0.15, -0.1) is 29.9 Å². The van der Waals surface area contributed by atoms with E-state index in [-0.39, 0.29) is 0 Å². The zero-order valence-corrected chi connectivity index (χ0v) is 10.6. The summed E-state index contributed by atoms with van der Waals surface area (Å²) >= 11 is 4.12. The van der Waals surface area contributed by atoms with Gasteiger partial charge in [0.05, 0.1) is 17.8 Å². The van der Waals surface area contributed by atoms with E-state index in [0.717, 1.165) is 17.6 Å². The molecule has 0 saturated carbocycles. The number of hydrogen-bond donors (Lipinski definition) is 0. The highest BCUT2D eigenvalue weighted by molar-refractivity contribution is 8.17. The van der Waals surface area contributed by atoms with Gasteiger partial charge in [-0.3, -0.25) is 0 Å². The maximum atomic E-state index is 5.46. The van der Waals surface area contributed by atoms with E-state index in [1.807, 2.05) is 0 Å². The van der Waals surface area contributed by atoms with E-state index < -0.39 is 0 Å². The molecule has 1 aliphatic rings. The normalized spacial score (nSPS) is 17.5. The smallest absolute Gasteiger partial charge is 0.107 e. The van der Waals surface area contributed by atoms with E-state index >= 15 is 0 Å². The highest BCUT2D eigenvalue weighted by Gasteiger charge is 2.13. The number of rotatable bonds is 7. The number of ether oxygens (including phenoxy) is 2. The Morgan fingerprint density at radius 3 is 2.60 bits per heavy atom. The van der Waals surface area contributed by atoms with Crippen molar-refractivity contribution in [2.24, 2.45) is 0 Å². The quantitative estimate of drug-likeness (QED) is 0.506. The number of terminal acetylenes is 1. The van der Waals surface area contributed by atoms with Crippen molar-refractivity contribution < 1.29 is 9.47 Å². The highest BCUT2D eigenvalue weighted by Crippen LogP contribution is 2.32. The van der Waals surface area contributed by atoms with E-state index in [0.29, 0.717) is 19.8 Å². The topological polar surface area (TPSA) is 18.5 Å². The second-order valence-electron chi connectivity index (χ2n) is 3.18. The minimum atomic E-state index is 0.387. The molecule has 0 aromatic heterocycles. The largest absolute Gasteiger partial charge is 0.379 e. The van der Waals surface area contributed by atoms with Crippen LogP contribution in [-0.4, -0.2) is 42.5 Å². The van der Waals surface area contributed by atoms with E-state index in [1.165, 1.54) is 17.9 Å². The van der Waals surface area contributed by atoms with Crippen LogP contribution in [0.25, 0.3) is 0 Å². The number of thioether (sulfide) groups is 2. The minimum Gasteiger partial charge on any atom is -0.379 e. The van der Waals surface area contributed by atoms with Crippen LogP contribution in [-0.2, 0) is 9.47 Å². The van der Waals surface area contributed by atoms with Gasteiger partial charge in [-0.05, 0) is 24.3 Å². The zero-order chi connectivity index (χ0) is 10.8. The monoisotopic (exact) mass is 246 g/mol. The van der Waals surface area contributed by atoms with Gasteiger partial charge >= 0.3 is 0 Å². The predicted octanol–water partition coefficient (Wildman–Crippen LogP) is 2.24. The second-order valence-corrected chi connectivity index (χ2v) is 6.10. The van der Waals surface area contributed by atoms with Crippen LogP contribution < -0.4 is 0 Å². The first-order valence-electron chi connectivity index (χ1n) is 5.25. The van der Waals surface area contributed by atoms with Gasteiger partial charge in [0, 0.05) is 6.61 Å². The fourth-order valence-corrected chi connectivity index (χ4v) is 4.05. The first-order valence-corrected chi connectivity index (χ1v) is 7.35. The van der Waals surface area contributed by atoms with Crippen LogP contribution in [0.1, 0.15) is 12.8 Å². The molecule has 0 aliphatic carbocycles. The molecule has 0 aromatic rings. The van der Waals surface area contributed by atoms with Crippen LogP contribution in [0.5, 0.6) is 0 Å². The molecule has 0 spiro atoms. The van der Waals surface area contributed by atoms with Gasteiger partial charge in [0.15, 0.2) is 0 Å². The van der Waals surface area contributed by atoms with Crippen LogP contribution in [0.2, 0.25) is 0 Å². The predicted molar refractivity (Wildman–Crippen MR) is 68.4 cm³/mol. The lowest BCUT2D eigenvalue weighted by Crippen LogP contribution is -2.11. The summed E-state index contributed by atoms with van der Waals surface area (Å²) in [7, 11) is 0. The van der Waals surface area contributed by atoms with Crippen molar-refractivity contribution in [1.29, 1.82) is 0 Å². The Morgan fingerprint density at radius 2 is 1.87 bits per heavy atom. The lowest BCUT2D eigenvalue weighted by Gasteiger charge is -2.20. The van der Waals surface area contributed by atoms with Crippen molar-refractivity contribution in [2.75, 3.05) is 37.9 Å². The third-order valence-corrected chi connectivity index (χ3v) is 5.03. The summed E-state index contributed by atoms with van der Waals surface area (Å²) in [4.78, 5) is 0. The maximum Gasteiger partial charge on any atom is 0.107 e. The van der Waals surface area contributed by atoms with Gasteiger partial charge in [0.25, 0.3) is 0 Å². The average Bonchev–Trinajstić information content (AvgIpc) is 2.29. The fourth-order valence-electron chi connectivity index (χ4n) is 1.23. The Hall–Kier alpha value is 0.180. The molecule has 1 aliphatic heterocycles. The third kappa shape index (κ3) is 7.13. The van der Waals surface area contributed by atoms with Gasteiger partial charge < -0.3 is 9.47 Å². The first-order chi connectivity index (χ1) is 7.43. The fraction of sp³-hybridized carbons (Fsp3) is 0.818. The molecule has 1 rings (SSSR count). The first kappa shape index (κ1) is 13.2. The molecular weight excluding hydrogens is 228 g/mol. The molecule has 15 heavy (non-hydrogen) atoms. The molecule has 0 N–H and O–H groups in total. The summed E-state index contributed by atoms with van der Waals surface area (Å²) in [6.45, 7) is 2.49. The SMILES string of the molecule is C#CCOCCOCCC1SCCCS1. The van der Waals surface area contributed by atoms with Crippen LogP contribution in [0.3, 0.4) is 0 Å². The van der Waals surface area contributed by atoms with Crippen molar-refractivity contribution in [3.05, 3.63) is 0 Å². The summed E-state index contributed by atoms with van der Waals surface area (Å²) < 4.78 is 11.3. The van der Waals surface area contributed by atoms with Crippen LogP contribution >= 0.6 is 23.5 Å². The van der Waals surface area contributed by atoms with Gasteiger partial charge in [0.2, 0.25) is 0 Å². The molecular formula is C11H18O2S2. The second kappa shape index (κ2) is 9.41. The molecule has 0 bridgehead atoms. The zero-order valence-electron chi connectivity index (χ0n) is 8.94. The molecule has 2 nitrogen and oxygen atoms in total. The van der Waals surface area contributed by atoms with Crippen molar-refractivity contribution in [3.63, 3.8) is 0 Å². The van der Waals surface area contributed by atoms with Crippen molar-refractivity contribution >= 4 is 23.5 Å². The number of hydrogen-bond acceptors (Lipinski definition) is 4. The Balaban J connectivity index is 1.82. The Morgan fingerprint density at radius 1 is 1.13 bits per heavy atom. The van der Waals surface area contributed by atoms with E-state index in [2.05, 4.69) is 29.4 Å².